The number of hydrogen-bond donors (Lipinski definition) is 1. The summed E-state index contributed by atoms with van der Waals surface area (Å²) in [4.78, 5) is 2.40. The van der Waals surface area contributed by atoms with E-state index in [1.165, 1.54) is 0 Å². The summed E-state index contributed by atoms with van der Waals surface area (Å²) < 4.78 is 10.6. The Morgan fingerprint density at radius 3 is 2.53 bits per heavy atom. The molecular weight excluding hydrogens is 216 g/mol. The van der Waals surface area contributed by atoms with Gasteiger partial charge in [-0.1, -0.05) is 13.8 Å². The number of nitrogens with zero attached hydrogens (tertiary/aromatic N) is 1. The first-order valence-electron chi connectivity index (χ1n) is 6.80. The topological polar surface area (TPSA) is 33.7 Å². The van der Waals surface area contributed by atoms with E-state index in [-0.39, 0.29) is 0 Å². The maximum Gasteiger partial charge on any atom is 0.0628 e. The van der Waals surface area contributed by atoms with Crippen molar-refractivity contribution >= 4 is 0 Å². The Hall–Kier alpha value is -0.160. The molecule has 0 aromatic heterocycles. The molecule has 0 aromatic carbocycles. The zero-order valence-corrected chi connectivity index (χ0v) is 12.0. The Morgan fingerprint density at radius 2 is 2.00 bits per heavy atom. The van der Waals surface area contributed by atoms with Gasteiger partial charge in [0.05, 0.1) is 13.2 Å². The van der Waals surface area contributed by atoms with Crippen LogP contribution in [0.3, 0.4) is 0 Å². The van der Waals surface area contributed by atoms with Gasteiger partial charge in [-0.2, -0.15) is 0 Å². The van der Waals surface area contributed by atoms with Gasteiger partial charge in [-0.05, 0) is 26.4 Å². The summed E-state index contributed by atoms with van der Waals surface area (Å²) in [7, 11) is 1.76. The molecule has 0 aliphatic rings. The predicted octanol–water partition coefficient (Wildman–Crippen LogP) is 1.36. The summed E-state index contributed by atoms with van der Waals surface area (Å²) in [5.74, 6) is 0. The molecule has 0 fully saturated rings. The molecule has 0 saturated carbocycles. The van der Waals surface area contributed by atoms with Gasteiger partial charge >= 0.3 is 0 Å². The van der Waals surface area contributed by atoms with Crippen LogP contribution in [0.15, 0.2) is 0 Å². The van der Waals surface area contributed by atoms with Crippen molar-refractivity contribution < 1.29 is 9.47 Å². The predicted molar refractivity (Wildman–Crippen MR) is 72.6 cm³/mol. The van der Waals surface area contributed by atoms with Crippen LogP contribution >= 0.6 is 0 Å². The first kappa shape index (κ1) is 16.8. The van der Waals surface area contributed by atoms with E-state index in [1.807, 2.05) is 6.92 Å². The minimum atomic E-state index is 0.418. The third-order valence-corrected chi connectivity index (χ3v) is 2.73. The van der Waals surface area contributed by atoms with Crippen LogP contribution in [0.1, 0.15) is 27.2 Å². The molecule has 0 heterocycles. The summed E-state index contributed by atoms with van der Waals surface area (Å²) in [5.41, 5.74) is 0. The van der Waals surface area contributed by atoms with Gasteiger partial charge < -0.3 is 14.8 Å². The SMILES string of the molecule is CCCNC(COC)CN(CC)CCOCC. The lowest BCUT2D eigenvalue weighted by Crippen LogP contribution is -2.45. The maximum absolute atomic E-state index is 5.40. The monoisotopic (exact) mass is 246 g/mol. The third kappa shape index (κ3) is 9.53. The van der Waals surface area contributed by atoms with Gasteiger partial charge in [0.15, 0.2) is 0 Å². The van der Waals surface area contributed by atoms with Crippen LogP contribution in [-0.4, -0.2) is 64.1 Å². The van der Waals surface area contributed by atoms with E-state index >= 15 is 0 Å². The molecule has 0 bridgehead atoms. The Kier molecular flexibility index (Phi) is 12.2. The number of rotatable bonds is 12. The fourth-order valence-corrected chi connectivity index (χ4v) is 1.75. The summed E-state index contributed by atoms with van der Waals surface area (Å²) in [5, 5.41) is 3.52. The molecule has 104 valence electrons. The van der Waals surface area contributed by atoms with Crippen LogP contribution in [0.25, 0.3) is 0 Å². The zero-order valence-electron chi connectivity index (χ0n) is 12.0. The zero-order chi connectivity index (χ0) is 12.9. The van der Waals surface area contributed by atoms with E-state index in [0.29, 0.717) is 6.04 Å². The number of ether oxygens (including phenoxy) is 2. The van der Waals surface area contributed by atoms with Crippen LogP contribution in [0, 0.1) is 0 Å². The number of hydrogen-bond acceptors (Lipinski definition) is 4. The Morgan fingerprint density at radius 1 is 1.24 bits per heavy atom. The average Bonchev–Trinajstić information content (AvgIpc) is 2.35. The smallest absolute Gasteiger partial charge is 0.0628 e. The van der Waals surface area contributed by atoms with E-state index < -0.39 is 0 Å². The lowest BCUT2D eigenvalue weighted by Gasteiger charge is -2.26. The molecule has 0 aromatic rings. The lowest BCUT2D eigenvalue weighted by molar-refractivity contribution is 0.0978. The molecule has 0 aliphatic heterocycles. The van der Waals surface area contributed by atoms with Gasteiger partial charge in [-0.25, -0.2) is 0 Å². The second-order valence-corrected chi connectivity index (χ2v) is 4.20. The normalized spacial score (nSPS) is 13.2. The summed E-state index contributed by atoms with van der Waals surface area (Å²) in [6.07, 6.45) is 1.16. The van der Waals surface area contributed by atoms with Crippen LogP contribution in [0.4, 0.5) is 0 Å². The molecule has 0 rings (SSSR count). The number of likely N-dealkylation sites (N-methyl/N-ethyl adjacent to an activating group) is 1. The highest BCUT2D eigenvalue weighted by Gasteiger charge is 2.12. The van der Waals surface area contributed by atoms with Crippen molar-refractivity contribution in [3.05, 3.63) is 0 Å². The van der Waals surface area contributed by atoms with Crippen LogP contribution in [0.5, 0.6) is 0 Å². The molecular formula is C13H30N2O2. The second-order valence-electron chi connectivity index (χ2n) is 4.20. The molecule has 17 heavy (non-hydrogen) atoms. The molecule has 0 spiro atoms. The fourth-order valence-electron chi connectivity index (χ4n) is 1.75. The molecule has 4 heteroatoms. The summed E-state index contributed by atoms with van der Waals surface area (Å²) in [6.45, 7) is 12.9. The van der Waals surface area contributed by atoms with E-state index in [2.05, 4.69) is 24.1 Å². The molecule has 0 aliphatic carbocycles. The molecule has 1 unspecified atom stereocenters. The third-order valence-electron chi connectivity index (χ3n) is 2.73. The molecule has 1 atom stereocenters. The second kappa shape index (κ2) is 12.3. The number of methoxy groups -OCH3 is 1. The minimum Gasteiger partial charge on any atom is -0.383 e. The van der Waals surface area contributed by atoms with Gasteiger partial charge in [0, 0.05) is 32.8 Å². The average molecular weight is 246 g/mol. The Bertz CT molecular complexity index is 156. The summed E-state index contributed by atoms with van der Waals surface area (Å²) in [6, 6.07) is 0.418. The van der Waals surface area contributed by atoms with Crippen molar-refractivity contribution in [3.63, 3.8) is 0 Å². The Labute approximate surface area is 107 Å². The van der Waals surface area contributed by atoms with Crippen LogP contribution in [0.2, 0.25) is 0 Å². The van der Waals surface area contributed by atoms with Crippen molar-refractivity contribution in [1.29, 1.82) is 0 Å². The molecule has 1 N–H and O–H groups in total. The van der Waals surface area contributed by atoms with Gasteiger partial charge in [0.2, 0.25) is 0 Å². The van der Waals surface area contributed by atoms with Crippen LogP contribution < -0.4 is 5.32 Å². The van der Waals surface area contributed by atoms with Gasteiger partial charge in [-0.15, -0.1) is 0 Å². The Balaban J connectivity index is 3.89. The van der Waals surface area contributed by atoms with Crippen molar-refractivity contribution in [1.82, 2.24) is 10.2 Å². The van der Waals surface area contributed by atoms with Gasteiger partial charge in [0.1, 0.15) is 0 Å². The van der Waals surface area contributed by atoms with E-state index in [4.69, 9.17) is 9.47 Å². The van der Waals surface area contributed by atoms with Gasteiger partial charge in [-0.3, -0.25) is 4.90 Å². The van der Waals surface area contributed by atoms with E-state index in [1.54, 1.807) is 7.11 Å². The maximum atomic E-state index is 5.40. The van der Waals surface area contributed by atoms with Crippen molar-refractivity contribution in [3.8, 4) is 0 Å². The van der Waals surface area contributed by atoms with Gasteiger partial charge in [0.25, 0.3) is 0 Å². The van der Waals surface area contributed by atoms with Crippen molar-refractivity contribution in [2.75, 3.05) is 53.1 Å². The van der Waals surface area contributed by atoms with Crippen LogP contribution in [-0.2, 0) is 9.47 Å². The fraction of sp³-hybridized carbons (Fsp3) is 1.00. The highest BCUT2D eigenvalue weighted by Crippen LogP contribution is 1.95. The first-order chi connectivity index (χ1) is 8.28. The molecule has 0 saturated heterocycles. The minimum absolute atomic E-state index is 0.418. The van der Waals surface area contributed by atoms with Crippen molar-refractivity contribution in [2.24, 2.45) is 0 Å². The van der Waals surface area contributed by atoms with E-state index in [9.17, 15) is 0 Å². The quantitative estimate of drug-likeness (QED) is 0.527. The molecule has 0 amide bonds. The highest BCUT2D eigenvalue weighted by molar-refractivity contribution is 4.71. The molecule has 4 nitrogen and oxygen atoms in total. The highest BCUT2D eigenvalue weighted by atomic mass is 16.5. The first-order valence-corrected chi connectivity index (χ1v) is 6.80. The lowest BCUT2D eigenvalue weighted by atomic mass is 10.2. The summed E-state index contributed by atoms with van der Waals surface area (Å²) >= 11 is 0. The largest absolute Gasteiger partial charge is 0.383 e. The van der Waals surface area contributed by atoms with Crippen molar-refractivity contribution in [2.45, 2.75) is 33.2 Å². The molecule has 0 radical (unpaired) electrons. The standard InChI is InChI=1S/C13H30N2O2/c1-5-8-14-13(12-16-4)11-15(6-2)9-10-17-7-3/h13-14H,5-12H2,1-4H3. The van der Waals surface area contributed by atoms with E-state index in [0.717, 1.165) is 52.4 Å². The number of nitrogens with one attached hydrogen (secondary N) is 1.